The van der Waals surface area contributed by atoms with Crippen LogP contribution in [-0.2, 0) is 14.3 Å². The average molecular weight is 425 g/mol. The van der Waals surface area contributed by atoms with Gasteiger partial charge in [-0.2, -0.15) is 0 Å². The number of carbonyl (C=O) groups excluding carboxylic acids is 2. The predicted octanol–water partition coefficient (Wildman–Crippen LogP) is 2.83. The van der Waals surface area contributed by atoms with E-state index in [0.29, 0.717) is 25.7 Å². The van der Waals surface area contributed by atoms with Crippen LogP contribution in [-0.4, -0.2) is 73.7 Å². The molecule has 0 N–H and O–H groups in total. The summed E-state index contributed by atoms with van der Waals surface area (Å²) < 4.78 is 16.3. The lowest BCUT2D eigenvalue weighted by Gasteiger charge is -2.52. The molecule has 1 aromatic heterocycles. The summed E-state index contributed by atoms with van der Waals surface area (Å²) in [6, 6.07) is 3.62. The Labute approximate surface area is 176 Å². The maximum Gasteiger partial charge on any atom is 0.314 e. The third-order valence-corrected chi connectivity index (χ3v) is 7.00. The summed E-state index contributed by atoms with van der Waals surface area (Å²) in [5, 5.41) is 0.189. The largest absolute Gasteiger partial charge is 0.466 e. The molecular weight excluding hydrogens is 396 g/mol. The van der Waals surface area contributed by atoms with Crippen molar-refractivity contribution in [3.63, 3.8) is 0 Å². The third kappa shape index (κ3) is 4.05. The van der Waals surface area contributed by atoms with Crippen LogP contribution in [0.4, 0.5) is 0 Å². The van der Waals surface area contributed by atoms with Crippen LogP contribution in [0.15, 0.2) is 16.5 Å². The second-order valence-electron chi connectivity index (χ2n) is 8.27. The summed E-state index contributed by atoms with van der Waals surface area (Å²) in [5.41, 5.74) is -0.636. The molecule has 1 saturated carbocycles. The first-order valence-electron chi connectivity index (χ1n) is 10.6. The van der Waals surface area contributed by atoms with Crippen LogP contribution in [0.25, 0.3) is 0 Å². The average Bonchev–Trinajstić information content (AvgIpc) is 3.19. The molecule has 160 valence electrons. The summed E-state index contributed by atoms with van der Waals surface area (Å²) in [5.74, 6) is 0.0524. The highest BCUT2D eigenvalue weighted by atomic mass is 35.5. The van der Waals surface area contributed by atoms with Gasteiger partial charge in [-0.15, -0.1) is 0 Å². The molecule has 29 heavy (non-hydrogen) atoms. The lowest BCUT2D eigenvalue weighted by atomic mass is 9.61. The molecule has 4 rings (SSSR count). The molecule has 0 spiro atoms. The van der Waals surface area contributed by atoms with Crippen LogP contribution in [0, 0.1) is 11.3 Å². The van der Waals surface area contributed by atoms with Gasteiger partial charge in [-0.05, 0) is 62.3 Å². The minimum absolute atomic E-state index is 0.166. The molecule has 8 heteroatoms. The summed E-state index contributed by atoms with van der Waals surface area (Å²) in [4.78, 5) is 30.3. The van der Waals surface area contributed by atoms with Crippen LogP contribution in [0.2, 0.25) is 5.22 Å². The standard InChI is InChI=1S/C21H29ClN2O5/c1-2-28-20(26)21-7-5-16(23-9-11-27-12-10-23)13-15(21)6-8-24(14-21)19(25)17-3-4-18(22)29-17/h3-4,15-16H,2,5-14H2,1H3/t15-,16-,21-/m1/s1. The molecule has 3 atom stereocenters. The number of nitrogens with zero attached hydrogens (tertiary/aromatic N) is 2. The Morgan fingerprint density at radius 2 is 2.03 bits per heavy atom. The van der Waals surface area contributed by atoms with Gasteiger partial charge in [0.1, 0.15) is 0 Å². The number of amides is 1. The Balaban J connectivity index is 1.52. The van der Waals surface area contributed by atoms with Gasteiger partial charge in [0, 0.05) is 32.2 Å². The third-order valence-electron chi connectivity index (χ3n) is 6.80. The van der Waals surface area contributed by atoms with Gasteiger partial charge in [-0.1, -0.05) is 0 Å². The molecule has 3 heterocycles. The summed E-state index contributed by atoms with van der Waals surface area (Å²) in [7, 11) is 0. The number of likely N-dealkylation sites (tertiary alicyclic amines) is 1. The number of hydrogen-bond acceptors (Lipinski definition) is 6. The van der Waals surface area contributed by atoms with Crippen molar-refractivity contribution in [2.75, 3.05) is 46.0 Å². The molecule has 1 aliphatic carbocycles. The first-order valence-corrected chi connectivity index (χ1v) is 10.9. The van der Waals surface area contributed by atoms with E-state index in [0.717, 1.165) is 52.0 Å². The molecule has 2 aliphatic heterocycles. The fraction of sp³-hybridized carbons (Fsp3) is 0.714. The number of piperidine rings is 1. The van der Waals surface area contributed by atoms with Crippen molar-refractivity contribution in [2.45, 2.75) is 38.6 Å². The number of halogens is 1. The quantitative estimate of drug-likeness (QED) is 0.692. The van der Waals surface area contributed by atoms with E-state index in [9.17, 15) is 9.59 Å². The monoisotopic (exact) mass is 424 g/mol. The van der Waals surface area contributed by atoms with Gasteiger partial charge >= 0.3 is 5.97 Å². The van der Waals surface area contributed by atoms with E-state index in [1.54, 1.807) is 17.0 Å². The van der Waals surface area contributed by atoms with Crippen LogP contribution >= 0.6 is 11.6 Å². The zero-order chi connectivity index (χ0) is 20.4. The van der Waals surface area contributed by atoms with Gasteiger partial charge in [0.2, 0.25) is 0 Å². The highest BCUT2D eigenvalue weighted by Gasteiger charge is 2.54. The van der Waals surface area contributed by atoms with E-state index in [-0.39, 0.29) is 28.8 Å². The van der Waals surface area contributed by atoms with Crippen molar-refractivity contribution in [3.05, 3.63) is 23.1 Å². The lowest BCUT2D eigenvalue weighted by molar-refractivity contribution is -0.168. The number of rotatable bonds is 4. The van der Waals surface area contributed by atoms with E-state index >= 15 is 0 Å². The van der Waals surface area contributed by atoms with E-state index in [2.05, 4.69) is 4.90 Å². The molecule has 1 aromatic rings. The van der Waals surface area contributed by atoms with Crippen LogP contribution in [0.1, 0.15) is 43.2 Å². The second-order valence-corrected chi connectivity index (χ2v) is 8.64. The molecule has 0 bridgehead atoms. The number of ether oxygens (including phenoxy) is 2. The summed E-state index contributed by atoms with van der Waals surface area (Å²) in [6.07, 6.45) is 3.43. The van der Waals surface area contributed by atoms with E-state index in [1.165, 1.54) is 0 Å². The molecule has 0 aromatic carbocycles. The lowest BCUT2D eigenvalue weighted by Crippen LogP contribution is -2.59. The van der Waals surface area contributed by atoms with Crippen molar-refractivity contribution >= 4 is 23.5 Å². The van der Waals surface area contributed by atoms with Gasteiger partial charge in [-0.3, -0.25) is 14.5 Å². The molecule has 3 aliphatic rings. The zero-order valence-corrected chi connectivity index (χ0v) is 17.7. The van der Waals surface area contributed by atoms with Crippen LogP contribution in [0.3, 0.4) is 0 Å². The fourth-order valence-corrected chi connectivity index (χ4v) is 5.42. The first kappa shape index (κ1) is 20.7. The molecule has 7 nitrogen and oxygen atoms in total. The number of esters is 1. The molecule has 2 saturated heterocycles. The summed E-state index contributed by atoms with van der Waals surface area (Å²) >= 11 is 5.84. The smallest absolute Gasteiger partial charge is 0.314 e. The number of furan rings is 1. The maximum absolute atomic E-state index is 13.1. The predicted molar refractivity (Wildman–Crippen MR) is 107 cm³/mol. The molecule has 0 unspecified atom stereocenters. The first-order chi connectivity index (χ1) is 14.0. The zero-order valence-electron chi connectivity index (χ0n) is 16.9. The van der Waals surface area contributed by atoms with Gasteiger partial charge in [0.05, 0.1) is 25.2 Å². The Bertz CT molecular complexity index is 747. The van der Waals surface area contributed by atoms with Gasteiger partial charge in [0.25, 0.3) is 5.91 Å². The van der Waals surface area contributed by atoms with Crippen LogP contribution < -0.4 is 0 Å². The van der Waals surface area contributed by atoms with Gasteiger partial charge < -0.3 is 18.8 Å². The molecule has 3 fully saturated rings. The Kier molecular flexibility index (Phi) is 6.18. The van der Waals surface area contributed by atoms with E-state index in [4.69, 9.17) is 25.5 Å². The number of morpholine rings is 1. The van der Waals surface area contributed by atoms with Crippen molar-refractivity contribution in [1.29, 1.82) is 0 Å². The Hall–Kier alpha value is -1.57. The minimum Gasteiger partial charge on any atom is -0.466 e. The Morgan fingerprint density at radius 3 is 2.72 bits per heavy atom. The minimum atomic E-state index is -0.636. The highest BCUT2D eigenvalue weighted by Crippen LogP contribution is 2.48. The van der Waals surface area contributed by atoms with E-state index < -0.39 is 5.41 Å². The topological polar surface area (TPSA) is 72.2 Å². The fourth-order valence-electron chi connectivity index (χ4n) is 5.27. The number of fused-ring (bicyclic) bond motifs is 1. The normalized spacial score (nSPS) is 30.6. The van der Waals surface area contributed by atoms with Crippen molar-refractivity contribution in [2.24, 2.45) is 11.3 Å². The number of hydrogen-bond donors (Lipinski definition) is 0. The molecule has 0 radical (unpaired) electrons. The van der Waals surface area contributed by atoms with Crippen molar-refractivity contribution in [1.82, 2.24) is 9.80 Å². The molecular formula is C21H29ClN2O5. The van der Waals surface area contributed by atoms with Gasteiger partial charge in [0.15, 0.2) is 11.0 Å². The van der Waals surface area contributed by atoms with Crippen molar-refractivity contribution in [3.8, 4) is 0 Å². The van der Waals surface area contributed by atoms with Gasteiger partial charge in [-0.25, -0.2) is 0 Å². The summed E-state index contributed by atoms with van der Waals surface area (Å²) in [6.45, 7) is 6.63. The van der Waals surface area contributed by atoms with Crippen LogP contribution in [0.5, 0.6) is 0 Å². The molecule has 1 amide bonds. The van der Waals surface area contributed by atoms with E-state index in [1.807, 2.05) is 6.92 Å². The maximum atomic E-state index is 13.1. The highest BCUT2D eigenvalue weighted by molar-refractivity contribution is 6.29. The Morgan fingerprint density at radius 1 is 1.24 bits per heavy atom. The SMILES string of the molecule is CCOC(=O)[C@@]12CC[C@@H](N3CCOCC3)C[C@H]1CCN(C(=O)c1ccc(Cl)o1)C2. The number of carbonyl (C=O) groups is 2. The second kappa shape index (κ2) is 8.66. The van der Waals surface area contributed by atoms with Crippen molar-refractivity contribution < 1.29 is 23.5 Å².